The summed E-state index contributed by atoms with van der Waals surface area (Å²) in [6.45, 7) is 3.70. The highest BCUT2D eigenvalue weighted by molar-refractivity contribution is 7.93. The molecular formula is C26H23Cl2NO5S. The largest absolute Gasteiger partial charge is 0.466 e. The van der Waals surface area contributed by atoms with Crippen LogP contribution in [0.15, 0.2) is 71.6 Å². The van der Waals surface area contributed by atoms with Crippen molar-refractivity contribution in [3.8, 4) is 0 Å². The van der Waals surface area contributed by atoms with Gasteiger partial charge in [0, 0.05) is 21.5 Å². The van der Waals surface area contributed by atoms with Crippen LogP contribution in [0.1, 0.15) is 40.7 Å². The van der Waals surface area contributed by atoms with E-state index in [4.69, 9.17) is 27.9 Å². The molecule has 0 aromatic heterocycles. The topological polar surface area (TPSA) is 80.8 Å². The van der Waals surface area contributed by atoms with E-state index in [1.165, 1.54) is 18.2 Å². The molecule has 0 spiro atoms. The van der Waals surface area contributed by atoms with Gasteiger partial charge < -0.3 is 4.74 Å². The fraction of sp³-hybridized carbons (Fsp3) is 0.231. The molecule has 0 N–H and O–H groups in total. The number of carbonyl (C=O) groups is 2. The van der Waals surface area contributed by atoms with Crippen molar-refractivity contribution in [1.29, 1.82) is 0 Å². The summed E-state index contributed by atoms with van der Waals surface area (Å²) < 4.78 is 34.2. The molecule has 0 radical (unpaired) electrons. The highest BCUT2D eigenvalue weighted by Crippen LogP contribution is 2.48. The molecular weight excluding hydrogens is 509 g/mol. The van der Waals surface area contributed by atoms with E-state index in [1.54, 1.807) is 55.5 Å². The lowest BCUT2D eigenvalue weighted by Gasteiger charge is -2.29. The third-order valence-electron chi connectivity index (χ3n) is 5.93. The van der Waals surface area contributed by atoms with Crippen LogP contribution >= 0.6 is 23.2 Å². The Morgan fingerprint density at radius 2 is 1.57 bits per heavy atom. The average molecular weight is 532 g/mol. The number of fused-ring (bicyclic) bond motifs is 1. The summed E-state index contributed by atoms with van der Waals surface area (Å²) in [6.07, 6.45) is -0.174. The third kappa shape index (κ3) is 4.94. The van der Waals surface area contributed by atoms with E-state index < -0.39 is 33.7 Å². The summed E-state index contributed by atoms with van der Waals surface area (Å²) in [4.78, 5) is 26.4. The van der Waals surface area contributed by atoms with Crippen LogP contribution in [0.25, 0.3) is 0 Å². The summed E-state index contributed by atoms with van der Waals surface area (Å²) in [7, 11) is -4.20. The molecule has 0 saturated carbocycles. The first-order valence-corrected chi connectivity index (χ1v) is 13.2. The van der Waals surface area contributed by atoms with Crippen LogP contribution in [-0.4, -0.2) is 32.8 Å². The van der Waals surface area contributed by atoms with Gasteiger partial charge >= 0.3 is 5.97 Å². The van der Waals surface area contributed by atoms with Gasteiger partial charge in [-0.1, -0.05) is 47.0 Å². The summed E-state index contributed by atoms with van der Waals surface area (Å²) in [5, 5.41) is 0.748. The van der Waals surface area contributed by atoms with E-state index in [9.17, 15) is 18.0 Å². The predicted octanol–water partition coefficient (Wildman–Crippen LogP) is 5.80. The summed E-state index contributed by atoms with van der Waals surface area (Å²) in [6, 6.07) is 16.1. The number of anilines is 1. The molecule has 3 aromatic carbocycles. The number of rotatable bonds is 7. The van der Waals surface area contributed by atoms with E-state index in [0.717, 1.165) is 9.87 Å². The van der Waals surface area contributed by atoms with Crippen molar-refractivity contribution in [3.05, 3.63) is 93.5 Å². The van der Waals surface area contributed by atoms with Gasteiger partial charge in [-0.25, -0.2) is 8.42 Å². The minimum Gasteiger partial charge on any atom is -0.466 e. The molecule has 1 aliphatic rings. The van der Waals surface area contributed by atoms with Crippen molar-refractivity contribution >= 4 is 50.7 Å². The highest BCUT2D eigenvalue weighted by Gasteiger charge is 2.49. The fourth-order valence-corrected chi connectivity index (χ4v) is 6.26. The Morgan fingerprint density at radius 3 is 2.20 bits per heavy atom. The van der Waals surface area contributed by atoms with Crippen LogP contribution in [0, 0.1) is 6.92 Å². The van der Waals surface area contributed by atoms with Crippen molar-refractivity contribution in [2.45, 2.75) is 37.1 Å². The van der Waals surface area contributed by atoms with Gasteiger partial charge in [-0.15, -0.1) is 0 Å². The lowest BCUT2D eigenvalue weighted by molar-refractivity contribution is -0.143. The summed E-state index contributed by atoms with van der Waals surface area (Å²) in [5.74, 6) is -1.76. The smallest absolute Gasteiger partial charge is 0.306 e. The Bertz CT molecular complexity index is 1370. The zero-order valence-electron chi connectivity index (χ0n) is 19.1. The number of halogens is 2. The molecule has 182 valence electrons. The molecule has 2 atom stereocenters. The third-order valence-corrected chi connectivity index (χ3v) is 8.23. The fourth-order valence-electron chi connectivity index (χ4n) is 4.30. The van der Waals surface area contributed by atoms with Crippen LogP contribution in [0.5, 0.6) is 0 Å². The average Bonchev–Trinajstić information content (AvgIpc) is 3.13. The Balaban J connectivity index is 1.92. The molecule has 0 unspecified atom stereocenters. The molecule has 9 heteroatoms. The van der Waals surface area contributed by atoms with Gasteiger partial charge in [-0.05, 0) is 67.9 Å². The molecule has 0 aliphatic carbocycles. The first kappa shape index (κ1) is 25.2. The van der Waals surface area contributed by atoms with Crippen molar-refractivity contribution in [2.75, 3.05) is 10.9 Å². The quantitative estimate of drug-likeness (QED) is 0.284. The molecule has 0 amide bonds. The van der Waals surface area contributed by atoms with E-state index >= 15 is 0 Å². The number of benzene rings is 3. The van der Waals surface area contributed by atoms with Crippen molar-refractivity contribution < 1.29 is 22.7 Å². The molecule has 1 aliphatic heterocycles. The minimum atomic E-state index is -4.20. The zero-order chi connectivity index (χ0) is 25.3. The number of hydrogen-bond donors (Lipinski definition) is 0. The Kier molecular flexibility index (Phi) is 7.22. The van der Waals surface area contributed by atoms with Crippen molar-refractivity contribution in [3.63, 3.8) is 0 Å². The number of hydrogen-bond acceptors (Lipinski definition) is 5. The Labute approximate surface area is 214 Å². The van der Waals surface area contributed by atoms with E-state index in [1.807, 2.05) is 6.92 Å². The minimum absolute atomic E-state index is 0.0275. The molecule has 4 rings (SSSR count). The van der Waals surface area contributed by atoms with Crippen LogP contribution in [-0.2, 0) is 19.6 Å². The Hall–Kier alpha value is -2.87. The number of Topliss-reactive ketones (excluding diaryl/α,β-unsaturated/α-hetero) is 1. The molecule has 3 aromatic rings. The number of aryl methyl sites for hydroxylation is 1. The van der Waals surface area contributed by atoms with Crippen LogP contribution in [0.3, 0.4) is 0 Å². The lowest BCUT2D eigenvalue weighted by atomic mass is 9.87. The SMILES string of the molecule is CCOC(=O)C[C@@H]1c2ccc(Cl)cc2N(S(=O)(=O)c2ccc(C)cc2)[C@H]1C(=O)c1ccc(Cl)cc1. The molecule has 0 saturated heterocycles. The first-order valence-electron chi connectivity index (χ1n) is 11.0. The zero-order valence-corrected chi connectivity index (χ0v) is 21.4. The number of ether oxygens (including phenoxy) is 1. The van der Waals surface area contributed by atoms with Gasteiger partial charge in [-0.3, -0.25) is 13.9 Å². The van der Waals surface area contributed by atoms with E-state index in [-0.39, 0.29) is 29.2 Å². The maximum atomic E-state index is 14.0. The number of ketones is 1. The van der Waals surface area contributed by atoms with Gasteiger partial charge in [-0.2, -0.15) is 0 Å². The van der Waals surface area contributed by atoms with Crippen LogP contribution < -0.4 is 4.31 Å². The standard InChI is InChI=1S/C26H23Cl2NO5S/c1-3-34-24(30)15-22-21-13-10-19(28)14-23(21)29(35(32,33)20-11-4-16(2)5-12-20)25(22)26(31)17-6-8-18(27)9-7-17/h4-14,22,25H,3,15H2,1-2H3/t22-,25-/m1/s1. The van der Waals surface area contributed by atoms with Gasteiger partial charge in [0.2, 0.25) is 0 Å². The van der Waals surface area contributed by atoms with Gasteiger partial charge in [0.05, 0.1) is 23.6 Å². The summed E-state index contributed by atoms with van der Waals surface area (Å²) >= 11 is 12.3. The number of nitrogens with zero attached hydrogens (tertiary/aromatic N) is 1. The maximum absolute atomic E-state index is 14.0. The van der Waals surface area contributed by atoms with Crippen molar-refractivity contribution in [1.82, 2.24) is 0 Å². The van der Waals surface area contributed by atoms with Crippen LogP contribution in [0.2, 0.25) is 10.0 Å². The molecule has 6 nitrogen and oxygen atoms in total. The normalized spacial score (nSPS) is 17.2. The monoisotopic (exact) mass is 531 g/mol. The molecule has 35 heavy (non-hydrogen) atoms. The first-order chi connectivity index (χ1) is 16.6. The maximum Gasteiger partial charge on any atom is 0.306 e. The molecule has 0 bridgehead atoms. The van der Waals surface area contributed by atoms with E-state index in [2.05, 4.69) is 0 Å². The number of sulfonamides is 1. The number of esters is 1. The van der Waals surface area contributed by atoms with E-state index in [0.29, 0.717) is 15.6 Å². The lowest BCUT2D eigenvalue weighted by Crippen LogP contribution is -2.45. The molecule has 0 fully saturated rings. The van der Waals surface area contributed by atoms with Gasteiger partial charge in [0.25, 0.3) is 10.0 Å². The summed E-state index contributed by atoms with van der Waals surface area (Å²) in [5.41, 5.74) is 1.96. The Morgan fingerprint density at radius 1 is 0.943 bits per heavy atom. The second kappa shape index (κ2) is 10.0. The van der Waals surface area contributed by atoms with Crippen LogP contribution in [0.4, 0.5) is 5.69 Å². The van der Waals surface area contributed by atoms with Gasteiger partial charge in [0.15, 0.2) is 5.78 Å². The highest BCUT2D eigenvalue weighted by atomic mass is 35.5. The second-order valence-electron chi connectivity index (χ2n) is 8.25. The molecule has 1 heterocycles. The van der Waals surface area contributed by atoms with Gasteiger partial charge in [0.1, 0.15) is 6.04 Å². The van der Waals surface area contributed by atoms with Crippen molar-refractivity contribution in [2.24, 2.45) is 0 Å². The number of carbonyl (C=O) groups excluding carboxylic acids is 2. The predicted molar refractivity (Wildman–Crippen MR) is 136 cm³/mol. The second-order valence-corrected chi connectivity index (χ2v) is 10.9.